The van der Waals surface area contributed by atoms with Crippen molar-refractivity contribution in [3.8, 4) is 0 Å². The normalized spacial score (nSPS) is 12.0. The maximum Gasteiger partial charge on any atom is 0.248 e. The molecule has 0 aliphatic carbocycles. The van der Waals surface area contributed by atoms with Crippen molar-refractivity contribution in [1.82, 2.24) is 10.3 Å². The van der Waals surface area contributed by atoms with Crippen molar-refractivity contribution < 1.29 is 9.59 Å². The summed E-state index contributed by atoms with van der Waals surface area (Å²) in [7, 11) is 0. The summed E-state index contributed by atoms with van der Waals surface area (Å²) in [5, 5.41) is 6.14. The number of aryl methyl sites for hydroxylation is 1. The van der Waals surface area contributed by atoms with E-state index in [1.165, 1.54) is 11.3 Å². The van der Waals surface area contributed by atoms with Gasteiger partial charge in [-0.25, -0.2) is 4.98 Å². The molecule has 1 aromatic heterocycles. The van der Waals surface area contributed by atoms with Crippen LogP contribution in [0.4, 0.5) is 5.13 Å². The summed E-state index contributed by atoms with van der Waals surface area (Å²) in [5.74, 6) is -0.424. The monoisotopic (exact) mass is 331 g/mol. The molecule has 2 rings (SSSR count). The topological polar surface area (TPSA) is 71.1 Å². The predicted octanol–water partition coefficient (Wildman–Crippen LogP) is 2.77. The third kappa shape index (κ3) is 5.17. The zero-order valence-electron chi connectivity index (χ0n) is 13.5. The highest BCUT2D eigenvalue weighted by atomic mass is 32.1. The molecule has 0 spiro atoms. The molecular formula is C17H21N3O2S. The lowest BCUT2D eigenvalue weighted by Gasteiger charge is -2.21. The van der Waals surface area contributed by atoms with Crippen LogP contribution in [0.15, 0.2) is 36.5 Å². The fourth-order valence-electron chi connectivity index (χ4n) is 2.14. The quantitative estimate of drug-likeness (QED) is 0.855. The van der Waals surface area contributed by atoms with Gasteiger partial charge in [0.2, 0.25) is 11.8 Å². The first kappa shape index (κ1) is 17.1. The number of thiazole rings is 1. The van der Waals surface area contributed by atoms with Crippen molar-refractivity contribution >= 4 is 28.3 Å². The lowest BCUT2D eigenvalue weighted by Crippen LogP contribution is -2.47. The minimum absolute atomic E-state index is 0.0178. The van der Waals surface area contributed by atoms with Crippen LogP contribution < -0.4 is 10.6 Å². The second kappa shape index (κ2) is 7.87. The van der Waals surface area contributed by atoms with E-state index < -0.39 is 6.04 Å². The molecular weight excluding hydrogens is 310 g/mol. The minimum atomic E-state index is -0.588. The number of rotatable bonds is 6. The van der Waals surface area contributed by atoms with Crippen molar-refractivity contribution in [2.45, 2.75) is 33.2 Å². The van der Waals surface area contributed by atoms with Gasteiger partial charge >= 0.3 is 0 Å². The highest BCUT2D eigenvalue weighted by molar-refractivity contribution is 7.15. The highest BCUT2D eigenvalue weighted by Crippen LogP contribution is 2.17. The third-order valence-corrected chi connectivity index (χ3v) is 4.15. The Morgan fingerprint density at radius 1 is 1.22 bits per heavy atom. The Morgan fingerprint density at radius 3 is 2.48 bits per heavy atom. The van der Waals surface area contributed by atoms with Crippen LogP contribution in [0.2, 0.25) is 0 Å². The maximum absolute atomic E-state index is 12.4. The van der Waals surface area contributed by atoms with E-state index in [-0.39, 0.29) is 24.2 Å². The van der Waals surface area contributed by atoms with Gasteiger partial charge in [0, 0.05) is 11.1 Å². The molecule has 23 heavy (non-hydrogen) atoms. The number of amides is 2. The van der Waals surface area contributed by atoms with E-state index >= 15 is 0 Å². The SMILES string of the molecule is Cc1cnc(NC(=O)C(NC(=O)Cc2ccccc2)C(C)C)s1. The highest BCUT2D eigenvalue weighted by Gasteiger charge is 2.24. The molecule has 1 heterocycles. The molecule has 122 valence electrons. The molecule has 0 radical (unpaired) electrons. The summed E-state index contributed by atoms with van der Waals surface area (Å²) >= 11 is 1.41. The summed E-state index contributed by atoms with van der Waals surface area (Å²) in [5.41, 5.74) is 0.920. The molecule has 6 heteroatoms. The molecule has 0 bridgehead atoms. The number of anilines is 1. The van der Waals surface area contributed by atoms with E-state index in [1.54, 1.807) is 6.20 Å². The van der Waals surface area contributed by atoms with E-state index in [9.17, 15) is 9.59 Å². The molecule has 1 aromatic carbocycles. The van der Waals surface area contributed by atoms with Gasteiger partial charge in [0.15, 0.2) is 5.13 Å². The summed E-state index contributed by atoms with van der Waals surface area (Å²) in [6.45, 7) is 5.73. The Kier molecular flexibility index (Phi) is 5.87. The fourth-order valence-corrected chi connectivity index (χ4v) is 2.80. The van der Waals surface area contributed by atoms with Gasteiger partial charge in [-0.2, -0.15) is 0 Å². The van der Waals surface area contributed by atoms with Crippen LogP contribution in [-0.4, -0.2) is 22.8 Å². The van der Waals surface area contributed by atoms with Gasteiger partial charge in [-0.15, -0.1) is 11.3 Å². The van der Waals surface area contributed by atoms with E-state index in [2.05, 4.69) is 15.6 Å². The summed E-state index contributed by atoms with van der Waals surface area (Å²) in [6.07, 6.45) is 1.96. The summed E-state index contributed by atoms with van der Waals surface area (Å²) in [4.78, 5) is 29.7. The van der Waals surface area contributed by atoms with Crippen LogP contribution in [0.25, 0.3) is 0 Å². The van der Waals surface area contributed by atoms with Crippen molar-refractivity contribution in [3.63, 3.8) is 0 Å². The number of hydrogen-bond donors (Lipinski definition) is 2. The van der Waals surface area contributed by atoms with Crippen LogP contribution in [0.1, 0.15) is 24.3 Å². The smallest absolute Gasteiger partial charge is 0.248 e. The number of carbonyl (C=O) groups excluding carboxylic acids is 2. The minimum Gasteiger partial charge on any atom is -0.344 e. The zero-order valence-corrected chi connectivity index (χ0v) is 14.3. The molecule has 2 aromatic rings. The van der Waals surface area contributed by atoms with Crippen molar-refractivity contribution in [2.24, 2.45) is 5.92 Å². The van der Waals surface area contributed by atoms with Crippen LogP contribution in [0.5, 0.6) is 0 Å². The van der Waals surface area contributed by atoms with Gasteiger partial charge in [0.25, 0.3) is 0 Å². The summed E-state index contributed by atoms with van der Waals surface area (Å²) in [6, 6.07) is 8.88. The Labute approximate surface area is 140 Å². The number of benzene rings is 1. The van der Waals surface area contributed by atoms with Gasteiger partial charge in [-0.3, -0.25) is 9.59 Å². The van der Waals surface area contributed by atoms with Crippen molar-refractivity contribution in [2.75, 3.05) is 5.32 Å². The van der Waals surface area contributed by atoms with Gasteiger partial charge in [0.1, 0.15) is 6.04 Å². The molecule has 0 saturated heterocycles. The molecule has 2 N–H and O–H groups in total. The third-order valence-electron chi connectivity index (χ3n) is 3.32. The van der Waals surface area contributed by atoms with Crippen LogP contribution in [0.3, 0.4) is 0 Å². The largest absolute Gasteiger partial charge is 0.344 e. The van der Waals surface area contributed by atoms with Gasteiger partial charge in [0.05, 0.1) is 6.42 Å². The number of hydrogen-bond acceptors (Lipinski definition) is 4. The standard InChI is InChI=1S/C17H21N3O2S/c1-11(2)15(16(22)20-17-18-10-12(3)23-17)19-14(21)9-13-7-5-4-6-8-13/h4-8,10-11,15H,9H2,1-3H3,(H,19,21)(H,18,20,22). The van der Waals surface area contributed by atoms with Crippen molar-refractivity contribution in [1.29, 1.82) is 0 Å². The molecule has 1 atom stereocenters. The molecule has 1 unspecified atom stereocenters. The second-order valence-corrected chi connectivity index (χ2v) is 6.95. The number of aromatic nitrogens is 1. The number of carbonyl (C=O) groups is 2. The maximum atomic E-state index is 12.4. The average molecular weight is 331 g/mol. The zero-order chi connectivity index (χ0) is 16.8. The second-order valence-electron chi connectivity index (χ2n) is 5.72. The lowest BCUT2D eigenvalue weighted by atomic mass is 10.0. The van der Waals surface area contributed by atoms with Crippen LogP contribution in [0, 0.1) is 12.8 Å². The van der Waals surface area contributed by atoms with E-state index in [0.29, 0.717) is 5.13 Å². The van der Waals surface area contributed by atoms with E-state index in [1.807, 2.05) is 51.1 Å². The predicted molar refractivity (Wildman–Crippen MR) is 92.4 cm³/mol. The Balaban J connectivity index is 1.97. The fraction of sp³-hybridized carbons (Fsp3) is 0.353. The molecule has 5 nitrogen and oxygen atoms in total. The van der Waals surface area contributed by atoms with Gasteiger partial charge in [-0.1, -0.05) is 44.2 Å². The molecule has 0 aliphatic heterocycles. The first-order chi connectivity index (χ1) is 11.0. The molecule has 0 fully saturated rings. The lowest BCUT2D eigenvalue weighted by molar-refractivity contribution is -0.127. The molecule has 0 aliphatic rings. The Morgan fingerprint density at radius 2 is 1.91 bits per heavy atom. The number of nitrogens with one attached hydrogen (secondary N) is 2. The Bertz CT molecular complexity index is 667. The molecule has 2 amide bonds. The van der Waals surface area contributed by atoms with Gasteiger partial charge in [-0.05, 0) is 18.4 Å². The van der Waals surface area contributed by atoms with Crippen LogP contribution >= 0.6 is 11.3 Å². The van der Waals surface area contributed by atoms with Crippen molar-refractivity contribution in [3.05, 3.63) is 47.0 Å². The number of nitrogens with zero attached hydrogens (tertiary/aromatic N) is 1. The summed E-state index contributed by atoms with van der Waals surface area (Å²) < 4.78 is 0. The Hall–Kier alpha value is -2.21. The van der Waals surface area contributed by atoms with Crippen LogP contribution in [-0.2, 0) is 16.0 Å². The first-order valence-corrected chi connectivity index (χ1v) is 8.34. The average Bonchev–Trinajstić information content (AvgIpc) is 2.90. The van der Waals surface area contributed by atoms with E-state index in [4.69, 9.17) is 0 Å². The van der Waals surface area contributed by atoms with E-state index in [0.717, 1.165) is 10.4 Å². The molecule has 0 saturated carbocycles. The first-order valence-electron chi connectivity index (χ1n) is 7.52. The van der Waals surface area contributed by atoms with Gasteiger partial charge < -0.3 is 10.6 Å².